The summed E-state index contributed by atoms with van der Waals surface area (Å²) in [7, 11) is -1.49. The van der Waals surface area contributed by atoms with E-state index < -0.39 is 22.0 Å². The lowest BCUT2D eigenvalue weighted by Gasteiger charge is -2.14. The SMILES string of the molecule is CCCOc1c[nH]c(CS(=O)C(CC)C(=O)OCCOCC)cc1=O. The molecule has 2 atom stereocenters. The normalized spacial score (nSPS) is 13.2. The first-order valence-corrected chi connectivity index (χ1v) is 9.87. The van der Waals surface area contributed by atoms with Crippen molar-refractivity contribution in [3.8, 4) is 5.75 Å². The van der Waals surface area contributed by atoms with Crippen molar-refractivity contribution < 1.29 is 23.2 Å². The van der Waals surface area contributed by atoms with Crippen molar-refractivity contribution in [1.82, 2.24) is 4.98 Å². The van der Waals surface area contributed by atoms with Crippen molar-refractivity contribution in [3.05, 3.63) is 28.2 Å². The van der Waals surface area contributed by atoms with Crippen molar-refractivity contribution in [1.29, 1.82) is 0 Å². The van der Waals surface area contributed by atoms with Gasteiger partial charge in [-0.05, 0) is 19.8 Å². The summed E-state index contributed by atoms with van der Waals surface area (Å²) < 4.78 is 28.0. The second-order valence-corrected chi connectivity index (χ2v) is 6.94. The Kier molecular flexibility index (Phi) is 10.1. The molecule has 7 nitrogen and oxygen atoms in total. The van der Waals surface area contributed by atoms with Crippen LogP contribution in [0.15, 0.2) is 17.1 Å². The molecular weight excluding hydrogens is 346 g/mol. The van der Waals surface area contributed by atoms with E-state index in [-0.39, 0.29) is 23.5 Å². The van der Waals surface area contributed by atoms with Gasteiger partial charge < -0.3 is 19.2 Å². The van der Waals surface area contributed by atoms with Crippen LogP contribution in [-0.2, 0) is 30.8 Å². The number of hydrogen-bond acceptors (Lipinski definition) is 6. The van der Waals surface area contributed by atoms with E-state index >= 15 is 0 Å². The number of hydrogen-bond donors (Lipinski definition) is 1. The lowest BCUT2D eigenvalue weighted by molar-refractivity contribution is -0.144. The molecule has 0 bridgehead atoms. The maximum absolute atomic E-state index is 12.5. The fourth-order valence-corrected chi connectivity index (χ4v) is 3.39. The smallest absolute Gasteiger partial charge is 0.321 e. The molecule has 1 aromatic rings. The van der Waals surface area contributed by atoms with Gasteiger partial charge in [-0.25, -0.2) is 0 Å². The van der Waals surface area contributed by atoms with Crippen LogP contribution in [0.5, 0.6) is 5.75 Å². The molecule has 0 radical (unpaired) electrons. The van der Waals surface area contributed by atoms with E-state index in [4.69, 9.17) is 14.2 Å². The fraction of sp³-hybridized carbons (Fsp3) is 0.647. The molecule has 0 aromatic carbocycles. The first kappa shape index (κ1) is 21.4. The van der Waals surface area contributed by atoms with Crippen LogP contribution in [0.4, 0.5) is 0 Å². The molecule has 2 unspecified atom stereocenters. The van der Waals surface area contributed by atoms with Crippen LogP contribution in [0.3, 0.4) is 0 Å². The summed E-state index contributed by atoms with van der Waals surface area (Å²) in [6, 6.07) is 1.36. The third-order valence-electron chi connectivity index (χ3n) is 3.32. The predicted octanol–water partition coefficient (Wildman–Crippen LogP) is 1.77. The minimum atomic E-state index is -1.49. The summed E-state index contributed by atoms with van der Waals surface area (Å²) >= 11 is 0. The molecule has 0 aliphatic rings. The minimum Gasteiger partial charge on any atom is -0.488 e. The molecule has 8 heteroatoms. The number of esters is 1. The summed E-state index contributed by atoms with van der Waals surface area (Å²) in [6.45, 7) is 7.04. The van der Waals surface area contributed by atoms with E-state index in [2.05, 4.69) is 4.98 Å². The Labute approximate surface area is 150 Å². The monoisotopic (exact) mass is 373 g/mol. The highest BCUT2D eigenvalue weighted by molar-refractivity contribution is 7.85. The number of aromatic amines is 1. The minimum absolute atomic E-state index is 0.0718. The van der Waals surface area contributed by atoms with Crippen LogP contribution in [0.1, 0.15) is 39.3 Å². The number of rotatable bonds is 12. The van der Waals surface area contributed by atoms with Crippen LogP contribution in [0, 0.1) is 0 Å². The van der Waals surface area contributed by atoms with Gasteiger partial charge in [0.2, 0.25) is 5.43 Å². The summed E-state index contributed by atoms with van der Waals surface area (Å²) in [4.78, 5) is 26.9. The van der Waals surface area contributed by atoms with E-state index in [9.17, 15) is 13.8 Å². The maximum Gasteiger partial charge on any atom is 0.321 e. The van der Waals surface area contributed by atoms with Gasteiger partial charge in [0.1, 0.15) is 11.9 Å². The molecule has 0 fully saturated rings. The number of ether oxygens (including phenoxy) is 3. The molecule has 0 saturated heterocycles. The standard InChI is InChI=1S/C17H27NO6S/c1-4-7-23-15-11-18-13(10-14(15)19)12-25(21)16(5-2)17(20)24-9-8-22-6-3/h10-11,16H,4-9,12H2,1-3H3,(H,18,19). The molecule has 142 valence electrons. The van der Waals surface area contributed by atoms with E-state index in [1.807, 2.05) is 13.8 Å². The lowest BCUT2D eigenvalue weighted by Crippen LogP contribution is -2.29. The molecule has 25 heavy (non-hydrogen) atoms. The van der Waals surface area contributed by atoms with Crippen molar-refractivity contribution in [2.45, 2.75) is 44.6 Å². The Hall–Kier alpha value is -1.67. The van der Waals surface area contributed by atoms with Gasteiger partial charge >= 0.3 is 5.97 Å². The van der Waals surface area contributed by atoms with Gasteiger partial charge in [0, 0.05) is 35.4 Å². The number of pyridine rings is 1. The number of carbonyl (C=O) groups is 1. The second kappa shape index (κ2) is 11.8. The summed E-state index contributed by atoms with van der Waals surface area (Å²) in [5, 5.41) is -0.735. The first-order valence-electron chi connectivity index (χ1n) is 8.49. The van der Waals surface area contributed by atoms with Crippen LogP contribution in [-0.4, -0.2) is 46.8 Å². The maximum atomic E-state index is 12.5. The van der Waals surface area contributed by atoms with Gasteiger partial charge in [-0.1, -0.05) is 13.8 Å². The zero-order chi connectivity index (χ0) is 18.7. The molecule has 1 rings (SSSR count). The highest BCUT2D eigenvalue weighted by atomic mass is 32.2. The van der Waals surface area contributed by atoms with Crippen molar-refractivity contribution in [2.24, 2.45) is 0 Å². The van der Waals surface area contributed by atoms with Crippen LogP contribution in [0.25, 0.3) is 0 Å². The van der Waals surface area contributed by atoms with Crippen LogP contribution >= 0.6 is 0 Å². The molecule has 1 N–H and O–H groups in total. The van der Waals surface area contributed by atoms with Gasteiger partial charge in [-0.3, -0.25) is 13.8 Å². The Morgan fingerprint density at radius 2 is 2.00 bits per heavy atom. The van der Waals surface area contributed by atoms with Crippen LogP contribution in [0.2, 0.25) is 0 Å². The van der Waals surface area contributed by atoms with E-state index in [1.165, 1.54) is 12.3 Å². The molecule has 0 amide bonds. The Morgan fingerprint density at radius 1 is 1.24 bits per heavy atom. The van der Waals surface area contributed by atoms with E-state index in [0.717, 1.165) is 6.42 Å². The molecule has 1 heterocycles. The second-order valence-electron chi connectivity index (χ2n) is 5.32. The van der Waals surface area contributed by atoms with Gasteiger partial charge in [-0.15, -0.1) is 0 Å². The summed E-state index contributed by atoms with van der Waals surface area (Å²) in [5.41, 5.74) is 0.222. The van der Waals surface area contributed by atoms with Gasteiger partial charge in [0.25, 0.3) is 0 Å². The number of carbonyl (C=O) groups excluding carboxylic acids is 1. The predicted molar refractivity (Wildman–Crippen MR) is 96.2 cm³/mol. The van der Waals surface area contributed by atoms with Crippen LogP contribution < -0.4 is 10.2 Å². The Balaban J connectivity index is 2.64. The Bertz CT molecular complexity index is 615. The first-order chi connectivity index (χ1) is 12.0. The molecule has 0 aliphatic carbocycles. The van der Waals surface area contributed by atoms with E-state index in [1.54, 1.807) is 6.92 Å². The molecule has 0 aliphatic heterocycles. The van der Waals surface area contributed by atoms with Crippen molar-refractivity contribution in [2.75, 3.05) is 26.4 Å². The number of nitrogens with one attached hydrogen (secondary N) is 1. The fourth-order valence-electron chi connectivity index (χ4n) is 2.06. The van der Waals surface area contributed by atoms with Gasteiger partial charge in [-0.2, -0.15) is 0 Å². The number of H-pyrrole nitrogens is 1. The zero-order valence-corrected chi connectivity index (χ0v) is 15.9. The quantitative estimate of drug-likeness (QED) is 0.443. The highest BCUT2D eigenvalue weighted by Gasteiger charge is 2.25. The largest absolute Gasteiger partial charge is 0.488 e. The van der Waals surface area contributed by atoms with Gasteiger partial charge in [0.15, 0.2) is 5.75 Å². The molecular formula is C17H27NO6S. The van der Waals surface area contributed by atoms with Crippen molar-refractivity contribution in [3.63, 3.8) is 0 Å². The molecule has 0 spiro atoms. The van der Waals surface area contributed by atoms with E-state index in [0.29, 0.717) is 31.9 Å². The third-order valence-corrected chi connectivity index (χ3v) is 5.08. The highest BCUT2D eigenvalue weighted by Crippen LogP contribution is 2.11. The number of aromatic nitrogens is 1. The third kappa shape index (κ3) is 7.39. The lowest BCUT2D eigenvalue weighted by atomic mass is 10.3. The van der Waals surface area contributed by atoms with Crippen molar-refractivity contribution >= 4 is 16.8 Å². The summed E-state index contributed by atoms with van der Waals surface area (Å²) in [6.07, 6.45) is 2.66. The average Bonchev–Trinajstić information content (AvgIpc) is 2.58. The zero-order valence-electron chi connectivity index (χ0n) is 15.0. The molecule has 1 aromatic heterocycles. The topological polar surface area (TPSA) is 94.7 Å². The molecule has 0 saturated carbocycles. The van der Waals surface area contributed by atoms with Gasteiger partial charge in [0.05, 0.1) is 19.0 Å². The average molecular weight is 373 g/mol. The summed E-state index contributed by atoms with van der Waals surface area (Å²) in [5.74, 6) is -0.202. The Morgan fingerprint density at radius 3 is 2.60 bits per heavy atom.